The average molecular weight is 378 g/mol. The van der Waals surface area contributed by atoms with Crippen LogP contribution in [0.25, 0.3) is 0 Å². The Balaban J connectivity index is 1.29. The fourth-order valence-corrected chi connectivity index (χ4v) is 4.39. The van der Waals surface area contributed by atoms with Crippen molar-refractivity contribution in [3.05, 3.63) is 53.6 Å². The molecule has 0 atom stereocenters. The molecule has 2 aromatic carbocycles. The topological polar surface area (TPSA) is 59.1 Å². The standard InChI is InChI=1S/C22H22N2O4/c25-21-8-6-15-3-1-2-4-18(15)24(21)17-9-11-23(12-10-17)22(26)16-5-7-19-20(13-16)28-14-27-19/h1-5,7,13,17H,6,8-12,14H2. The van der Waals surface area contributed by atoms with E-state index in [1.165, 1.54) is 5.56 Å². The lowest BCUT2D eigenvalue weighted by atomic mass is 9.95. The van der Waals surface area contributed by atoms with Crippen LogP contribution in [0.2, 0.25) is 0 Å². The summed E-state index contributed by atoms with van der Waals surface area (Å²) in [6.45, 7) is 1.48. The Labute approximate surface area is 163 Å². The molecule has 1 fully saturated rings. The maximum Gasteiger partial charge on any atom is 0.253 e. The smallest absolute Gasteiger partial charge is 0.253 e. The van der Waals surface area contributed by atoms with E-state index in [9.17, 15) is 9.59 Å². The number of nitrogens with zero attached hydrogens (tertiary/aromatic N) is 2. The van der Waals surface area contributed by atoms with Gasteiger partial charge in [-0.1, -0.05) is 18.2 Å². The maximum absolute atomic E-state index is 12.9. The quantitative estimate of drug-likeness (QED) is 0.806. The van der Waals surface area contributed by atoms with Crippen LogP contribution in [0.1, 0.15) is 35.2 Å². The number of aryl methyl sites for hydroxylation is 1. The van der Waals surface area contributed by atoms with Gasteiger partial charge in [-0.15, -0.1) is 0 Å². The number of para-hydroxylation sites is 1. The molecule has 2 amide bonds. The first-order valence-corrected chi connectivity index (χ1v) is 9.79. The van der Waals surface area contributed by atoms with Gasteiger partial charge in [-0.3, -0.25) is 9.59 Å². The van der Waals surface area contributed by atoms with E-state index in [2.05, 4.69) is 6.07 Å². The molecular weight excluding hydrogens is 356 g/mol. The van der Waals surface area contributed by atoms with Gasteiger partial charge in [0.25, 0.3) is 5.91 Å². The van der Waals surface area contributed by atoms with E-state index < -0.39 is 0 Å². The Bertz CT molecular complexity index is 934. The molecule has 0 aromatic heterocycles. The van der Waals surface area contributed by atoms with Crippen LogP contribution >= 0.6 is 0 Å². The zero-order chi connectivity index (χ0) is 19.1. The summed E-state index contributed by atoms with van der Waals surface area (Å²) >= 11 is 0. The van der Waals surface area contributed by atoms with Crippen LogP contribution < -0.4 is 14.4 Å². The summed E-state index contributed by atoms with van der Waals surface area (Å²) in [5.41, 5.74) is 2.89. The molecule has 0 aliphatic carbocycles. The van der Waals surface area contributed by atoms with E-state index in [1.54, 1.807) is 18.2 Å². The Morgan fingerprint density at radius 1 is 0.964 bits per heavy atom. The van der Waals surface area contributed by atoms with Crippen molar-refractivity contribution in [3.63, 3.8) is 0 Å². The lowest BCUT2D eigenvalue weighted by molar-refractivity contribution is -0.119. The van der Waals surface area contributed by atoms with Crippen molar-refractivity contribution in [1.29, 1.82) is 0 Å². The first-order chi connectivity index (χ1) is 13.7. The number of likely N-dealkylation sites (tertiary alicyclic amines) is 1. The molecule has 5 rings (SSSR count). The highest BCUT2D eigenvalue weighted by atomic mass is 16.7. The third-order valence-electron chi connectivity index (χ3n) is 5.86. The molecule has 6 heteroatoms. The number of hydrogen-bond donors (Lipinski definition) is 0. The molecular formula is C22H22N2O4. The highest BCUT2D eigenvalue weighted by Gasteiger charge is 2.34. The summed E-state index contributed by atoms with van der Waals surface area (Å²) in [7, 11) is 0. The third-order valence-corrected chi connectivity index (χ3v) is 5.86. The molecule has 0 unspecified atom stereocenters. The summed E-state index contributed by atoms with van der Waals surface area (Å²) in [6, 6.07) is 13.6. The minimum absolute atomic E-state index is 0.00196. The lowest BCUT2D eigenvalue weighted by Gasteiger charge is -2.41. The van der Waals surface area contributed by atoms with E-state index in [4.69, 9.17) is 9.47 Å². The van der Waals surface area contributed by atoms with Crippen molar-refractivity contribution in [2.75, 3.05) is 24.8 Å². The molecule has 2 aromatic rings. The number of anilines is 1. The number of carbonyl (C=O) groups excluding carboxylic acids is 2. The van der Waals surface area contributed by atoms with Gasteiger partial charge in [0.15, 0.2) is 11.5 Å². The number of piperidine rings is 1. The van der Waals surface area contributed by atoms with E-state index in [0.717, 1.165) is 24.9 Å². The zero-order valence-electron chi connectivity index (χ0n) is 15.6. The van der Waals surface area contributed by atoms with Crippen LogP contribution in [-0.2, 0) is 11.2 Å². The van der Waals surface area contributed by atoms with Gasteiger partial charge in [-0.05, 0) is 49.1 Å². The fourth-order valence-electron chi connectivity index (χ4n) is 4.39. The molecule has 144 valence electrons. The van der Waals surface area contributed by atoms with Gasteiger partial charge in [0, 0.05) is 36.8 Å². The monoisotopic (exact) mass is 378 g/mol. The largest absolute Gasteiger partial charge is 0.454 e. The molecule has 0 radical (unpaired) electrons. The number of rotatable bonds is 2. The predicted molar refractivity (Wildman–Crippen MR) is 104 cm³/mol. The van der Waals surface area contributed by atoms with Crippen molar-refractivity contribution in [3.8, 4) is 11.5 Å². The van der Waals surface area contributed by atoms with Crippen LogP contribution in [0.4, 0.5) is 5.69 Å². The van der Waals surface area contributed by atoms with Crippen molar-refractivity contribution in [2.24, 2.45) is 0 Å². The van der Waals surface area contributed by atoms with Crippen molar-refractivity contribution in [2.45, 2.75) is 31.7 Å². The van der Waals surface area contributed by atoms with Crippen molar-refractivity contribution < 1.29 is 19.1 Å². The highest BCUT2D eigenvalue weighted by Crippen LogP contribution is 2.34. The summed E-state index contributed by atoms with van der Waals surface area (Å²) in [4.78, 5) is 29.4. The second-order valence-electron chi connectivity index (χ2n) is 7.48. The molecule has 3 aliphatic heterocycles. The van der Waals surface area contributed by atoms with E-state index in [1.807, 2.05) is 28.0 Å². The Morgan fingerprint density at radius 2 is 1.75 bits per heavy atom. The molecule has 28 heavy (non-hydrogen) atoms. The molecule has 1 saturated heterocycles. The Hall–Kier alpha value is -3.02. The molecule has 0 saturated carbocycles. The van der Waals surface area contributed by atoms with Crippen molar-refractivity contribution >= 4 is 17.5 Å². The summed E-state index contributed by atoms with van der Waals surface area (Å²) in [5, 5.41) is 0. The van der Waals surface area contributed by atoms with Crippen LogP contribution in [0.15, 0.2) is 42.5 Å². The second-order valence-corrected chi connectivity index (χ2v) is 7.48. The minimum Gasteiger partial charge on any atom is -0.454 e. The van der Waals surface area contributed by atoms with Gasteiger partial charge in [0.05, 0.1) is 0 Å². The van der Waals surface area contributed by atoms with Gasteiger partial charge < -0.3 is 19.3 Å². The first kappa shape index (κ1) is 17.1. The van der Waals surface area contributed by atoms with Gasteiger partial charge >= 0.3 is 0 Å². The van der Waals surface area contributed by atoms with Gasteiger partial charge in [-0.2, -0.15) is 0 Å². The normalized spacial score (nSPS) is 18.9. The Morgan fingerprint density at radius 3 is 2.61 bits per heavy atom. The number of ether oxygens (including phenoxy) is 2. The first-order valence-electron chi connectivity index (χ1n) is 9.79. The van der Waals surface area contributed by atoms with Crippen LogP contribution in [0, 0.1) is 0 Å². The number of amides is 2. The lowest BCUT2D eigenvalue weighted by Crippen LogP contribution is -2.50. The molecule has 0 spiro atoms. The molecule has 0 bridgehead atoms. The average Bonchev–Trinajstić information content (AvgIpc) is 3.21. The second kappa shape index (κ2) is 6.86. The summed E-state index contributed by atoms with van der Waals surface area (Å²) in [6.07, 6.45) is 2.95. The van der Waals surface area contributed by atoms with Crippen molar-refractivity contribution in [1.82, 2.24) is 4.90 Å². The van der Waals surface area contributed by atoms with Crippen LogP contribution in [-0.4, -0.2) is 42.6 Å². The molecule has 3 heterocycles. The highest BCUT2D eigenvalue weighted by molar-refractivity contribution is 5.97. The minimum atomic E-state index is 0.00196. The van der Waals surface area contributed by atoms with E-state index >= 15 is 0 Å². The van der Waals surface area contributed by atoms with Crippen LogP contribution in [0.3, 0.4) is 0 Å². The summed E-state index contributed by atoms with van der Waals surface area (Å²) in [5.74, 6) is 1.50. The van der Waals surface area contributed by atoms with E-state index in [-0.39, 0.29) is 24.6 Å². The molecule has 0 N–H and O–H groups in total. The number of benzene rings is 2. The summed E-state index contributed by atoms with van der Waals surface area (Å²) < 4.78 is 10.7. The number of carbonyl (C=O) groups is 2. The van der Waals surface area contributed by atoms with Gasteiger partial charge in [-0.25, -0.2) is 0 Å². The van der Waals surface area contributed by atoms with Gasteiger partial charge in [0.2, 0.25) is 12.7 Å². The molecule has 6 nitrogen and oxygen atoms in total. The third kappa shape index (κ3) is 2.89. The molecule has 3 aliphatic rings. The Kier molecular flexibility index (Phi) is 4.19. The predicted octanol–water partition coefficient (Wildman–Crippen LogP) is 3.00. The number of fused-ring (bicyclic) bond motifs is 2. The maximum atomic E-state index is 12.9. The SMILES string of the molecule is O=C(c1ccc2c(c1)OCO2)N1CCC(N2C(=O)CCc3ccccc32)CC1. The van der Waals surface area contributed by atoms with Gasteiger partial charge in [0.1, 0.15) is 0 Å². The fraction of sp³-hybridized carbons (Fsp3) is 0.364. The zero-order valence-corrected chi connectivity index (χ0v) is 15.6. The van der Waals surface area contributed by atoms with E-state index in [0.29, 0.717) is 36.6 Å². The number of hydrogen-bond acceptors (Lipinski definition) is 4. The van der Waals surface area contributed by atoms with Crippen LogP contribution in [0.5, 0.6) is 11.5 Å².